The van der Waals surface area contributed by atoms with Crippen molar-refractivity contribution in [3.63, 3.8) is 0 Å². The Morgan fingerprint density at radius 1 is 1.27 bits per heavy atom. The summed E-state index contributed by atoms with van der Waals surface area (Å²) in [6.45, 7) is 7.11. The number of carbonyl (C=O) groups is 1. The highest BCUT2D eigenvalue weighted by Gasteiger charge is 2.32. The van der Waals surface area contributed by atoms with E-state index in [4.69, 9.17) is 11.6 Å². The third-order valence-corrected chi connectivity index (χ3v) is 4.28. The average molecular weight is 370 g/mol. The largest absolute Gasteiger partial charge is 0.416 e. The Morgan fingerprint density at radius 3 is 2.32 bits per heavy atom. The minimum Gasteiger partial charge on any atom is -0.287 e. The molecule has 0 radical (unpaired) electrons. The van der Waals surface area contributed by atoms with Gasteiger partial charge in [0.05, 0.1) is 10.6 Å². The molecule has 122 valence electrons. The fourth-order valence-electron chi connectivity index (χ4n) is 1.37. The van der Waals surface area contributed by atoms with Crippen LogP contribution >= 0.6 is 35.3 Å². The Kier molecular flexibility index (Phi) is 6.41. The lowest BCUT2D eigenvalue weighted by atomic mass is 10.1. The van der Waals surface area contributed by atoms with Gasteiger partial charge in [-0.25, -0.2) is 4.40 Å². The van der Waals surface area contributed by atoms with E-state index in [0.29, 0.717) is 0 Å². The number of halogens is 4. The van der Waals surface area contributed by atoms with E-state index in [1.807, 2.05) is 20.8 Å². The summed E-state index contributed by atoms with van der Waals surface area (Å²) in [5.41, 5.74) is -0.690. The Bertz CT molecular complexity index is 595. The van der Waals surface area contributed by atoms with E-state index in [0.717, 1.165) is 23.9 Å². The monoisotopic (exact) mass is 369 g/mol. The Labute approximate surface area is 141 Å². The van der Waals surface area contributed by atoms with Crippen molar-refractivity contribution in [1.82, 2.24) is 0 Å². The minimum atomic E-state index is -4.51. The molecule has 1 aromatic carbocycles. The van der Waals surface area contributed by atoms with Crippen molar-refractivity contribution in [1.29, 1.82) is 0 Å². The molecule has 0 aliphatic rings. The first-order valence-corrected chi connectivity index (χ1v) is 8.17. The third kappa shape index (κ3) is 6.22. The molecule has 0 unspecified atom stereocenters. The second-order valence-electron chi connectivity index (χ2n) is 5.41. The molecule has 0 bridgehead atoms. The van der Waals surface area contributed by atoms with Crippen molar-refractivity contribution >= 4 is 46.6 Å². The Balaban J connectivity index is 3.29. The van der Waals surface area contributed by atoms with Gasteiger partial charge in [0.15, 0.2) is 5.12 Å². The zero-order chi connectivity index (χ0) is 17.1. The first kappa shape index (κ1) is 19.4. The SMILES string of the molecule is CC(=O)Sc1c(Cl)cc(C(F)(F)F)cc1/C=N\SC(C)(C)C. The van der Waals surface area contributed by atoms with Crippen LogP contribution in [0.25, 0.3) is 0 Å². The standard InChI is InChI=1S/C14H15ClF3NOS2/c1-8(20)21-12-9(7-19-22-13(2,3)4)5-10(6-11(12)15)14(16,17)18/h5-7H,1-4H3/b19-7-. The molecule has 2 nitrogen and oxygen atoms in total. The highest BCUT2D eigenvalue weighted by atomic mass is 35.5. The maximum absolute atomic E-state index is 12.9. The number of rotatable bonds is 3. The van der Waals surface area contributed by atoms with Crippen molar-refractivity contribution in [2.75, 3.05) is 0 Å². The molecule has 0 atom stereocenters. The molecule has 0 amide bonds. The molecule has 0 saturated heterocycles. The van der Waals surface area contributed by atoms with Crippen molar-refractivity contribution in [2.45, 2.75) is 43.5 Å². The molecule has 1 rings (SSSR count). The number of hydrogen-bond acceptors (Lipinski definition) is 4. The van der Waals surface area contributed by atoms with Gasteiger partial charge in [-0.05, 0) is 56.6 Å². The highest BCUT2D eigenvalue weighted by Crippen LogP contribution is 2.38. The van der Waals surface area contributed by atoms with E-state index < -0.39 is 11.7 Å². The van der Waals surface area contributed by atoms with Gasteiger partial charge >= 0.3 is 6.18 Å². The van der Waals surface area contributed by atoms with Gasteiger partial charge in [0.1, 0.15) is 0 Å². The average Bonchev–Trinajstić information content (AvgIpc) is 2.29. The molecule has 0 aliphatic carbocycles. The van der Waals surface area contributed by atoms with Crippen LogP contribution in [0.5, 0.6) is 0 Å². The van der Waals surface area contributed by atoms with Crippen LogP contribution in [0.3, 0.4) is 0 Å². The van der Waals surface area contributed by atoms with Gasteiger partial charge in [-0.2, -0.15) is 13.2 Å². The molecule has 0 spiro atoms. The van der Waals surface area contributed by atoms with E-state index in [2.05, 4.69) is 4.40 Å². The molecule has 1 aromatic rings. The van der Waals surface area contributed by atoms with Gasteiger partial charge in [-0.3, -0.25) is 4.79 Å². The minimum absolute atomic E-state index is 0.114. The molecule has 0 aromatic heterocycles. The molecular formula is C14H15ClF3NOS2. The zero-order valence-electron chi connectivity index (χ0n) is 12.4. The summed E-state index contributed by atoms with van der Waals surface area (Å²) in [4.78, 5) is 11.5. The van der Waals surface area contributed by atoms with Crippen LogP contribution in [0, 0.1) is 0 Å². The highest BCUT2D eigenvalue weighted by molar-refractivity contribution is 8.13. The summed E-state index contributed by atoms with van der Waals surface area (Å²) >= 11 is 7.93. The molecule has 0 saturated carbocycles. The lowest BCUT2D eigenvalue weighted by Crippen LogP contribution is -2.07. The van der Waals surface area contributed by atoms with Crippen molar-refractivity contribution in [2.24, 2.45) is 4.40 Å². The number of thioether (sulfide) groups is 1. The molecule has 8 heteroatoms. The molecule has 0 fully saturated rings. The summed E-state index contributed by atoms with van der Waals surface area (Å²) in [6.07, 6.45) is -3.20. The van der Waals surface area contributed by atoms with E-state index >= 15 is 0 Å². The van der Waals surface area contributed by atoms with Crippen LogP contribution < -0.4 is 0 Å². The normalized spacial score (nSPS) is 12.9. The quantitative estimate of drug-likeness (QED) is 0.379. The first-order valence-electron chi connectivity index (χ1n) is 6.21. The fraction of sp³-hybridized carbons (Fsp3) is 0.429. The maximum atomic E-state index is 12.9. The van der Waals surface area contributed by atoms with Gasteiger partial charge in [0, 0.05) is 28.3 Å². The number of benzene rings is 1. The first-order chi connectivity index (χ1) is 9.90. The van der Waals surface area contributed by atoms with Crippen LogP contribution in [-0.2, 0) is 11.0 Å². The van der Waals surface area contributed by atoms with Crippen molar-refractivity contribution in [3.05, 3.63) is 28.3 Å². The third-order valence-electron chi connectivity index (χ3n) is 2.16. The van der Waals surface area contributed by atoms with Gasteiger partial charge in [-0.15, -0.1) is 0 Å². The predicted octanol–water partition coefficient (Wildman–Crippen LogP) is 5.86. The van der Waals surface area contributed by atoms with Crippen molar-refractivity contribution in [3.8, 4) is 0 Å². The second kappa shape index (κ2) is 7.27. The van der Waals surface area contributed by atoms with E-state index in [1.165, 1.54) is 25.1 Å². The van der Waals surface area contributed by atoms with E-state index in [-0.39, 0.29) is 25.3 Å². The van der Waals surface area contributed by atoms with Gasteiger partial charge in [0.2, 0.25) is 0 Å². The Morgan fingerprint density at radius 2 is 1.86 bits per heavy atom. The Hall–Kier alpha value is -0.660. The van der Waals surface area contributed by atoms with E-state index in [1.54, 1.807) is 0 Å². The van der Waals surface area contributed by atoms with Gasteiger partial charge in [-0.1, -0.05) is 11.6 Å². The number of alkyl halides is 3. The molecule has 22 heavy (non-hydrogen) atoms. The van der Waals surface area contributed by atoms with Crippen LogP contribution in [-0.4, -0.2) is 16.1 Å². The van der Waals surface area contributed by atoms with Crippen LogP contribution in [0.4, 0.5) is 13.2 Å². The number of hydrogen-bond donors (Lipinski definition) is 0. The smallest absolute Gasteiger partial charge is 0.287 e. The summed E-state index contributed by atoms with van der Waals surface area (Å²) in [7, 11) is 0. The van der Waals surface area contributed by atoms with Crippen LogP contribution in [0.2, 0.25) is 5.02 Å². The summed E-state index contributed by atoms with van der Waals surface area (Å²) in [5.74, 6) is 0. The topological polar surface area (TPSA) is 29.4 Å². The molecular weight excluding hydrogens is 355 g/mol. The number of carbonyl (C=O) groups excluding carboxylic acids is 1. The van der Waals surface area contributed by atoms with E-state index in [9.17, 15) is 18.0 Å². The summed E-state index contributed by atoms with van der Waals surface area (Å²) in [6, 6.07) is 1.77. The lowest BCUT2D eigenvalue weighted by Gasteiger charge is -2.14. The zero-order valence-corrected chi connectivity index (χ0v) is 14.8. The maximum Gasteiger partial charge on any atom is 0.416 e. The second-order valence-corrected chi connectivity index (χ2v) is 8.62. The lowest BCUT2D eigenvalue weighted by molar-refractivity contribution is -0.137. The fourth-order valence-corrected chi connectivity index (χ4v) is 2.87. The molecule has 0 N–H and O–H groups in total. The summed E-state index contributed by atoms with van der Waals surface area (Å²) in [5, 5.41) is -0.378. The van der Waals surface area contributed by atoms with Gasteiger partial charge < -0.3 is 0 Å². The van der Waals surface area contributed by atoms with Crippen LogP contribution in [0.15, 0.2) is 21.4 Å². The molecule has 0 aliphatic heterocycles. The van der Waals surface area contributed by atoms with Crippen molar-refractivity contribution < 1.29 is 18.0 Å². The van der Waals surface area contributed by atoms with Gasteiger partial charge in [0.25, 0.3) is 0 Å². The summed E-state index contributed by atoms with van der Waals surface area (Å²) < 4.78 is 42.5. The van der Waals surface area contributed by atoms with Crippen LogP contribution in [0.1, 0.15) is 38.8 Å². The number of nitrogens with zero attached hydrogens (tertiary/aromatic N) is 1. The molecule has 0 heterocycles. The predicted molar refractivity (Wildman–Crippen MR) is 87.9 cm³/mol.